The highest BCUT2D eigenvalue weighted by atomic mass is 35.5. The number of hydrogen-bond acceptors (Lipinski definition) is 4. The van der Waals surface area contributed by atoms with Crippen LogP contribution in [0, 0.1) is 0 Å². The van der Waals surface area contributed by atoms with Gasteiger partial charge < -0.3 is 5.32 Å². The fourth-order valence-corrected chi connectivity index (χ4v) is 5.21. The predicted octanol–water partition coefficient (Wildman–Crippen LogP) is 3.67. The Balaban J connectivity index is 1.50. The first-order chi connectivity index (χ1) is 15.6. The molecule has 0 atom stereocenters. The van der Waals surface area contributed by atoms with E-state index in [2.05, 4.69) is 10.4 Å². The molecule has 1 aliphatic rings. The molecule has 0 saturated carbocycles. The van der Waals surface area contributed by atoms with Crippen LogP contribution in [0.3, 0.4) is 0 Å². The molecule has 3 aromatic rings. The van der Waals surface area contributed by atoms with Gasteiger partial charge in [0.15, 0.2) is 5.69 Å². The minimum atomic E-state index is -4.88. The Kier molecular flexibility index (Phi) is 6.10. The van der Waals surface area contributed by atoms with Crippen LogP contribution < -0.4 is 9.62 Å². The molecule has 2 aromatic carbocycles. The number of carbonyl (C=O) groups excluding carboxylic acids is 1. The van der Waals surface area contributed by atoms with Crippen molar-refractivity contribution in [3.63, 3.8) is 0 Å². The van der Waals surface area contributed by atoms with Gasteiger partial charge in [-0.05, 0) is 42.3 Å². The molecule has 0 aliphatic carbocycles. The van der Waals surface area contributed by atoms with E-state index in [9.17, 15) is 26.4 Å². The number of sulfonamides is 1. The molecule has 1 aromatic heterocycles. The van der Waals surface area contributed by atoms with Crippen LogP contribution in [0.4, 0.5) is 18.9 Å². The second-order valence-electron chi connectivity index (χ2n) is 7.32. The number of anilines is 1. The molecule has 1 aliphatic heterocycles. The maximum atomic E-state index is 13.8. The number of nitrogens with one attached hydrogen (secondary N) is 1. The molecule has 0 fully saturated rings. The molecule has 1 N–H and O–H groups in total. The van der Waals surface area contributed by atoms with Crippen LogP contribution in [0.15, 0.2) is 54.7 Å². The topological polar surface area (TPSA) is 84.3 Å². The van der Waals surface area contributed by atoms with Gasteiger partial charge in [0.25, 0.3) is 5.91 Å². The number of para-hydroxylation sites is 1. The largest absolute Gasteiger partial charge is 0.434 e. The highest BCUT2D eigenvalue weighted by molar-refractivity contribution is 7.92. The molecule has 0 radical (unpaired) electrons. The van der Waals surface area contributed by atoms with E-state index in [0.717, 1.165) is 11.8 Å². The van der Waals surface area contributed by atoms with Crippen molar-refractivity contribution < 1.29 is 26.4 Å². The van der Waals surface area contributed by atoms with E-state index in [1.54, 1.807) is 12.1 Å². The highest BCUT2D eigenvalue weighted by Crippen LogP contribution is 2.34. The number of fused-ring (bicyclic) bond motifs is 1. The standard InChI is InChI=1S/C21H18ClF3N4O3S/c22-15-5-7-16(8-6-15)29-19(21(23,24)25)17(13-27-29)20(30)26-10-12-33(31,32)28-11-9-14-3-1-2-4-18(14)28/h1-8,13H,9-12H2,(H,26,30). The molecule has 4 rings (SSSR count). The molecule has 174 valence electrons. The Morgan fingerprint density at radius 1 is 1.12 bits per heavy atom. The number of rotatable bonds is 6. The lowest BCUT2D eigenvalue weighted by molar-refractivity contribution is -0.143. The smallest absolute Gasteiger partial charge is 0.351 e. The number of carbonyl (C=O) groups is 1. The zero-order chi connectivity index (χ0) is 23.8. The number of amides is 1. The maximum Gasteiger partial charge on any atom is 0.434 e. The maximum absolute atomic E-state index is 13.8. The van der Waals surface area contributed by atoms with Crippen molar-refractivity contribution in [2.45, 2.75) is 12.6 Å². The van der Waals surface area contributed by atoms with Crippen molar-refractivity contribution >= 4 is 33.2 Å². The van der Waals surface area contributed by atoms with E-state index in [1.807, 2.05) is 12.1 Å². The van der Waals surface area contributed by atoms with Crippen LogP contribution in [-0.4, -0.2) is 42.9 Å². The number of aromatic nitrogens is 2. The molecular formula is C21H18ClF3N4O3S. The second kappa shape index (κ2) is 8.71. The van der Waals surface area contributed by atoms with Crippen molar-refractivity contribution in [3.05, 3.63) is 76.6 Å². The molecule has 0 bridgehead atoms. The minimum absolute atomic E-state index is 0.0704. The summed E-state index contributed by atoms with van der Waals surface area (Å²) in [5.41, 5.74) is -0.428. The highest BCUT2D eigenvalue weighted by Gasteiger charge is 2.40. The summed E-state index contributed by atoms with van der Waals surface area (Å²) >= 11 is 5.78. The molecule has 12 heteroatoms. The lowest BCUT2D eigenvalue weighted by Gasteiger charge is -2.19. The molecule has 2 heterocycles. The summed E-state index contributed by atoms with van der Waals surface area (Å²) in [5.74, 6) is -1.53. The van der Waals surface area contributed by atoms with Crippen molar-refractivity contribution in [3.8, 4) is 5.69 Å². The summed E-state index contributed by atoms with van der Waals surface area (Å²) in [6.45, 7) is -0.0784. The van der Waals surface area contributed by atoms with Crippen molar-refractivity contribution in [2.75, 3.05) is 23.1 Å². The SMILES string of the molecule is O=C(NCCS(=O)(=O)N1CCc2ccccc21)c1cnn(-c2ccc(Cl)cc2)c1C(F)(F)F. The first-order valence-corrected chi connectivity index (χ1v) is 11.8. The Morgan fingerprint density at radius 3 is 2.52 bits per heavy atom. The van der Waals surface area contributed by atoms with Gasteiger partial charge >= 0.3 is 6.18 Å². The number of nitrogens with zero attached hydrogens (tertiary/aromatic N) is 3. The number of halogens is 4. The molecule has 0 unspecified atom stereocenters. The molecular weight excluding hydrogens is 481 g/mol. The Hall–Kier alpha value is -3.05. The molecule has 33 heavy (non-hydrogen) atoms. The fraction of sp³-hybridized carbons (Fsp3) is 0.238. The predicted molar refractivity (Wildman–Crippen MR) is 117 cm³/mol. The average molecular weight is 499 g/mol. The van der Waals surface area contributed by atoms with Gasteiger partial charge in [0.1, 0.15) is 0 Å². The molecule has 7 nitrogen and oxygen atoms in total. The van der Waals surface area contributed by atoms with Gasteiger partial charge in [-0.2, -0.15) is 18.3 Å². The minimum Gasteiger partial charge on any atom is -0.351 e. The van der Waals surface area contributed by atoms with Crippen LogP contribution in [0.5, 0.6) is 0 Å². The van der Waals surface area contributed by atoms with Crippen LogP contribution >= 0.6 is 11.6 Å². The van der Waals surface area contributed by atoms with Gasteiger partial charge in [-0.15, -0.1) is 0 Å². The summed E-state index contributed by atoms with van der Waals surface area (Å²) in [6.07, 6.45) is -3.51. The van der Waals surface area contributed by atoms with Gasteiger partial charge in [0.2, 0.25) is 10.0 Å². The normalized spacial score (nSPS) is 13.8. The fourth-order valence-electron chi connectivity index (χ4n) is 3.66. The second-order valence-corrected chi connectivity index (χ2v) is 9.76. The summed E-state index contributed by atoms with van der Waals surface area (Å²) in [4.78, 5) is 12.5. The van der Waals surface area contributed by atoms with Gasteiger partial charge in [-0.3, -0.25) is 9.10 Å². The summed E-state index contributed by atoms with van der Waals surface area (Å²) in [6, 6.07) is 12.6. The quantitative estimate of drug-likeness (QED) is 0.562. The van der Waals surface area contributed by atoms with Gasteiger partial charge in [0, 0.05) is 18.1 Å². The van der Waals surface area contributed by atoms with E-state index < -0.39 is 39.1 Å². The van der Waals surface area contributed by atoms with Crippen molar-refractivity contribution in [1.29, 1.82) is 0 Å². The van der Waals surface area contributed by atoms with Crippen molar-refractivity contribution in [1.82, 2.24) is 15.1 Å². The van der Waals surface area contributed by atoms with Crippen molar-refractivity contribution in [2.24, 2.45) is 0 Å². The first-order valence-electron chi connectivity index (χ1n) is 9.85. The van der Waals surface area contributed by atoms with Crippen LogP contribution in [-0.2, 0) is 22.6 Å². The van der Waals surface area contributed by atoms with E-state index in [0.29, 0.717) is 21.8 Å². The van der Waals surface area contributed by atoms with Gasteiger partial charge in [-0.1, -0.05) is 29.8 Å². The summed E-state index contributed by atoms with van der Waals surface area (Å²) in [5, 5.41) is 6.32. The van der Waals surface area contributed by atoms with Crippen LogP contribution in [0.25, 0.3) is 5.69 Å². The first kappa shape index (κ1) is 23.1. The van der Waals surface area contributed by atoms with Gasteiger partial charge in [0.05, 0.1) is 28.9 Å². The number of alkyl halides is 3. The number of benzene rings is 2. The van der Waals surface area contributed by atoms with Crippen LogP contribution in [0.1, 0.15) is 21.6 Å². The Labute approximate surface area is 192 Å². The van der Waals surface area contributed by atoms with E-state index in [4.69, 9.17) is 11.6 Å². The summed E-state index contributed by atoms with van der Waals surface area (Å²) < 4.78 is 68.6. The third-order valence-electron chi connectivity index (χ3n) is 5.18. The monoisotopic (exact) mass is 498 g/mol. The van der Waals surface area contributed by atoms with E-state index in [-0.39, 0.29) is 18.8 Å². The third kappa shape index (κ3) is 4.69. The van der Waals surface area contributed by atoms with E-state index >= 15 is 0 Å². The average Bonchev–Trinajstić information content (AvgIpc) is 3.39. The molecule has 0 spiro atoms. The zero-order valence-corrected chi connectivity index (χ0v) is 18.6. The summed E-state index contributed by atoms with van der Waals surface area (Å²) in [7, 11) is -3.77. The lowest BCUT2D eigenvalue weighted by atomic mass is 10.2. The zero-order valence-electron chi connectivity index (χ0n) is 17.0. The van der Waals surface area contributed by atoms with Gasteiger partial charge in [-0.25, -0.2) is 13.1 Å². The van der Waals surface area contributed by atoms with Crippen LogP contribution in [0.2, 0.25) is 5.02 Å². The Bertz CT molecular complexity index is 1290. The molecule has 1 amide bonds. The molecule has 0 saturated heterocycles. The lowest BCUT2D eigenvalue weighted by Crippen LogP contribution is -2.37. The third-order valence-corrected chi connectivity index (χ3v) is 7.20. The van der Waals surface area contributed by atoms with E-state index in [1.165, 1.54) is 28.6 Å². The number of hydrogen-bond donors (Lipinski definition) is 1. The Morgan fingerprint density at radius 2 is 1.82 bits per heavy atom.